The minimum absolute atomic E-state index is 0.00651. The average molecular weight is 363 g/mol. The number of likely N-dealkylation sites (tertiary alicyclic amines) is 1. The van der Waals surface area contributed by atoms with Crippen molar-refractivity contribution in [2.45, 2.75) is 10.4 Å². The molecule has 1 saturated heterocycles. The van der Waals surface area contributed by atoms with Crippen LogP contribution in [0.25, 0.3) is 0 Å². The van der Waals surface area contributed by atoms with Crippen LogP contribution in [0.3, 0.4) is 0 Å². The molecule has 9 heteroatoms. The van der Waals surface area contributed by atoms with Gasteiger partial charge in [-0.15, -0.1) is 0 Å². The van der Waals surface area contributed by atoms with Crippen LogP contribution in [0.2, 0.25) is 0 Å². The fourth-order valence-corrected chi connectivity index (χ4v) is 4.35. The summed E-state index contributed by atoms with van der Waals surface area (Å²) in [5.74, 6) is -0.758. The summed E-state index contributed by atoms with van der Waals surface area (Å²) in [4.78, 5) is 29.1. The lowest BCUT2D eigenvalue weighted by Gasteiger charge is -2.38. The van der Waals surface area contributed by atoms with E-state index in [1.807, 2.05) is 0 Å². The van der Waals surface area contributed by atoms with Gasteiger partial charge in [-0.25, -0.2) is 18.2 Å². The lowest BCUT2D eigenvalue weighted by molar-refractivity contribution is 0.0598. The van der Waals surface area contributed by atoms with E-state index < -0.39 is 21.1 Å². The van der Waals surface area contributed by atoms with Crippen molar-refractivity contribution in [1.29, 1.82) is 0 Å². The van der Waals surface area contributed by atoms with Crippen molar-refractivity contribution in [2.75, 3.05) is 20.2 Å². The topological polar surface area (TPSA) is 98.6 Å². The molecule has 2 aromatic rings. The van der Waals surface area contributed by atoms with Crippen molar-refractivity contribution in [1.82, 2.24) is 14.5 Å². The number of nitrogens with zero attached hydrogens (tertiary/aromatic N) is 3. The summed E-state index contributed by atoms with van der Waals surface area (Å²) in [6.45, 7) is 0.236. The van der Waals surface area contributed by atoms with Gasteiger partial charge in [-0.3, -0.25) is 4.79 Å². The number of esters is 1. The summed E-state index contributed by atoms with van der Waals surface area (Å²) in [6.07, 6.45) is 2.99. The molecule has 2 heterocycles. The predicted molar refractivity (Wildman–Crippen MR) is 87.9 cm³/mol. The highest BCUT2D eigenvalue weighted by atomic mass is 32.2. The van der Waals surface area contributed by atoms with E-state index >= 15 is 0 Å². The quantitative estimate of drug-likeness (QED) is 0.734. The molecule has 0 aliphatic carbocycles. The van der Waals surface area contributed by atoms with Gasteiger partial charge in [-0.05, 0) is 24.3 Å². The Kier molecular flexibility index (Phi) is 4.34. The molecule has 3 rings (SSSR count). The van der Waals surface area contributed by atoms with Crippen LogP contribution in [-0.4, -0.2) is 60.2 Å². The molecule has 0 N–H and O–H groups in total. The second-order valence-electron chi connectivity index (χ2n) is 5.77. The van der Waals surface area contributed by atoms with Crippen molar-refractivity contribution in [3.05, 3.63) is 47.8 Å². The Bertz CT molecular complexity index is 912. The summed E-state index contributed by atoms with van der Waals surface area (Å²) in [5.41, 5.74) is 0.735. The van der Waals surface area contributed by atoms with Gasteiger partial charge in [0.2, 0.25) is 15.0 Å². The molecule has 0 radical (unpaired) electrons. The number of hydrogen-bond donors (Lipinski definition) is 0. The number of aryl methyl sites for hydroxylation is 1. The SMILES string of the molecule is COC(=O)c1ccc(C(=O)N2CC(S(=O)(=O)c3nccn3C)C2)cc1. The van der Waals surface area contributed by atoms with Gasteiger partial charge in [0, 0.05) is 38.1 Å². The highest BCUT2D eigenvalue weighted by molar-refractivity contribution is 7.92. The maximum atomic E-state index is 12.5. The summed E-state index contributed by atoms with van der Waals surface area (Å²) in [5, 5.41) is -0.654. The number of imidazole rings is 1. The van der Waals surface area contributed by atoms with Gasteiger partial charge in [-0.1, -0.05) is 0 Å². The largest absolute Gasteiger partial charge is 0.465 e. The van der Waals surface area contributed by atoms with Gasteiger partial charge >= 0.3 is 5.97 Å². The third-order valence-electron chi connectivity index (χ3n) is 4.16. The molecule has 1 aliphatic heterocycles. The molecule has 0 saturated carbocycles. The van der Waals surface area contributed by atoms with Crippen molar-refractivity contribution in [2.24, 2.45) is 7.05 Å². The maximum Gasteiger partial charge on any atom is 0.337 e. The molecule has 0 bridgehead atoms. The van der Waals surface area contributed by atoms with E-state index in [1.54, 1.807) is 13.2 Å². The lowest BCUT2D eigenvalue weighted by Crippen LogP contribution is -2.57. The summed E-state index contributed by atoms with van der Waals surface area (Å²) < 4.78 is 31.0. The third-order valence-corrected chi connectivity index (χ3v) is 6.24. The number of rotatable bonds is 4. The molecule has 1 aromatic carbocycles. The molecule has 1 fully saturated rings. The van der Waals surface area contributed by atoms with Gasteiger partial charge < -0.3 is 14.2 Å². The lowest BCUT2D eigenvalue weighted by atomic mass is 10.1. The summed E-state index contributed by atoms with van der Waals surface area (Å²) in [7, 11) is -0.666. The third kappa shape index (κ3) is 3.02. The Labute approximate surface area is 144 Å². The standard InChI is InChI=1S/C16H17N3O5S/c1-18-8-7-17-16(18)25(22,23)13-9-19(10-13)14(20)11-3-5-12(6-4-11)15(21)24-2/h3-8,13H,9-10H2,1-2H3. The van der Waals surface area contributed by atoms with Crippen LogP contribution < -0.4 is 0 Å². The molecular formula is C16H17N3O5S. The fourth-order valence-electron chi connectivity index (χ4n) is 2.62. The molecule has 1 amide bonds. The zero-order valence-corrected chi connectivity index (χ0v) is 14.6. The molecule has 0 spiro atoms. The molecule has 25 heavy (non-hydrogen) atoms. The van der Waals surface area contributed by atoms with E-state index in [9.17, 15) is 18.0 Å². The van der Waals surface area contributed by atoms with E-state index in [-0.39, 0.29) is 24.2 Å². The second-order valence-corrected chi connectivity index (χ2v) is 7.89. The Morgan fingerprint density at radius 3 is 2.28 bits per heavy atom. The van der Waals surface area contributed by atoms with Crippen molar-refractivity contribution in [3.8, 4) is 0 Å². The number of methoxy groups -OCH3 is 1. The van der Waals surface area contributed by atoms with Gasteiger partial charge in [0.05, 0.1) is 12.7 Å². The zero-order chi connectivity index (χ0) is 18.2. The number of amides is 1. The van der Waals surface area contributed by atoms with Crippen LogP contribution >= 0.6 is 0 Å². The molecule has 0 atom stereocenters. The van der Waals surface area contributed by atoms with Crippen molar-refractivity contribution < 1.29 is 22.7 Å². The van der Waals surface area contributed by atoms with Gasteiger partial charge in [-0.2, -0.15) is 0 Å². The smallest absolute Gasteiger partial charge is 0.337 e. The number of carbonyl (C=O) groups is 2. The number of sulfone groups is 1. The Hall–Kier alpha value is -2.68. The molecule has 1 aliphatic rings. The predicted octanol–water partition coefficient (Wildman–Crippen LogP) is 0.505. The van der Waals surface area contributed by atoms with E-state index in [0.29, 0.717) is 11.1 Å². The normalized spacial score (nSPS) is 14.9. The number of ether oxygens (including phenoxy) is 1. The van der Waals surface area contributed by atoms with Crippen LogP contribution in [0, 0.1) is 0 Å². The highest BCUT2D eigenvalue weighted by Crippen LogP contribution is 2.24. The first-order valence-electron chi connectivity index (χ1n) is 7.53. The monoisotopic (exact) mass is 363 g/mol. The number of benzene rings is 1. The Morgan fingerprint density at radius 1 is 1.16 bits per heavy atom. The van der Waals surface area contributed by atoms with Crippen molar-refractivity contribution >= 4 is 21.7 Å². The van der Waals surface area contributed by atoms with Crippen LogP contribution in [0.5, 0.6) is 0 Å². The van der Waals surface area contributed by atoms with E-state index in [0.717, 1.165) is 0 Å². The van der Waals surface area contributed by atoms with Crippen LogP contribution in [0.15, 0.2) is 41.8 Å². The first kappa shape index (κ1) is 17.2. The van der Waals surface area contributed by atoms with Crippen LogP contribution in [-0.2, 0) is 21.6 Å². The number of aromatic nitrogens is 2. The second kappa shape index (κ2) is 6.32. The molecule has 8 nitrogen and oxygen atoms in total. The molecule has 1 aromatic heterocycles. The Balaban J connectivity index is 1.67. The van der Waals surface area contributed by atoms with E-state index in [4.69, 9.17) is 0 Å². The van der Waals surface area contributed by atoms with Gasteiger partial charge in [0.15, 0.2) is 0 Å². The van der Waals surface area contributed by atoms with Crippen LogP contribution in [0.4, 0.5) is 0 Å². The average Bonchev–Trinajstić information content (AvgIpc) is 2.99. The van der Waals surface area contributed by atoms with E-state index in [2.05, 4.69) is 9.72 Å². The van der Waals surface area contributed by atoms with Gasteiger partial charge in [0.1, 0.15) is 5.25 Å². The van der Waals surface area contributed by atoms with Crippen LogP contribution in [0.1, 0.15) is 20.7 Å². The minimum atomic E-state index is -3.56. The zero-order valence-electron chi connectivity index (χ0n) is 13.7. The minimum Gasteiger partial charge on any atom is -0.465 e. The molecule has 0 unspecified atom stereocenters. The molecular weight excluding hydrogens is 346 g/mol. The van der Waals surface area contributed by atoms with Crippen molar-refractivity contribution in [3.63, 3.8) is 0 Å². The van der Waals surface area contributed by atoms with Gasteiger partial charge in [0.25, 0.3) is 5.91 Å². The highest BCUT2D eigenvalue weighted by Gasteiger charge is 2.42. The first-order valence-corrected chi connectivity index (χ1v) is 9.08. The van der Waals surface area contributed by atoms with E-state index in [1.165, 1.54) is 47.0 Å². The fraction of sp³-hybridized carbons (Fsp3) is 0.312. The Morgan fingerprint density at radius 2 is 1.76 bits per heavy atom. The summed E-state index contributed by atoms with van der Waals surface area (Å²) in [6, 6.07) is 6.05. The first-order chi connectivity index (χ1) is 11.8. The number of hydrogen-bond acceptors (Lipinski definition) is 6. The molecule has 132 valence electrons. The number of carbonyl (C=O) groups excluding carboxylic acids is 2. The maximum absolute atomic E-state index is 12.5. The summed E-state index contributed by atoms with van der Waals surface area (Å²) >= 11 is 0.